The smallest absolute Gasteiger partial charge is 0.355 e. The van der Waals surface area contributed by atoms with Crippen LogP contribution < -0.4 is 5.32 Å². The van der Waals surface area contributed by atoms with Crippen molar-refractivity contribution < 1.29 is 29.0 Å². The van der Waals surface area contributed by atoms with E-state index in [1.165, 1.54) is 13.2 Å². The molecule has 1 atom stereocenters. The van der Waals surface area contributed by atoms with E-state index in [2.05, 4.69) is 15.0 Å². The van der Waals surface area contributed by atoms with Gasteiger partial charge in [0.15, 0.2) is 6.61 Å². The number of methoxy groups -OCH3 is 1. The van der Waals surface area contributed by atoms with Crippen LogP contribution in [0.4, 0.5) is 5.69 Å². The molecule has 2 aromatic rings. The van der Waals surface area contributed by atoms with E-state index in [0.29, 0.717) is 16.8 Å². The summed E-state index contributed by atoms with van der Waals surface area (Å²) >= 11 is 0. The molecule has 0 aliphatic carbocycles. The normalized spacial score (nSPS) is 11.6. The lowest BCUT2D eigenvalue weighted by Crippen LogP contribution is -2.22. The second-order valence-electron chi connectivity index (χ2n) is 6.00. The van der Waals surface area contributed by atoms with Gasteiger partial charge in [0.1, 0.15) is 5.69 Å². The molecule has 1 aromatic heterocycles. The number of carbonyl (C=O) groups is 3. The SMILES string of the molecule is COC(=O)c1ccccc1NC(=O)COC(=O)c1[nH]c(C)c([C@H](C)O)c1C. The Balaban J connectivity index is 2.04. The third-order valence-electron chi connectivity index (χ3n) is 4.06. The number of aliphatic hydroxyl groups excluding tert-OH is 1. The minimum absolute atomic E-state index is 0.186. The molecule has 0 radical (unpaired) electrons. The first kappa shape index (κ1) is 20.2. The van der Waals surface area contributed by atoms with Crippen LogP contribution in [0.1, 0.15) is 50.7 Å². The molecular formula is C19H22N2O6. The van der Waals surface area contributed by atoms with Crippen LogP contribution in [0.5, 0.6) is 0 Å². The average Bonchev–Trinajstić information content (AvgIpc) is 2.94. The number of benzene rings is 1. The highest BCUT2D eigenvalue weighted by atomic mass is 16.5. The molecule has 0 saturated heterocycles. The molecule has 0 unspecified atom stereocenters. The summed E-state index contributed by atoms with van der Waals surface area (Å²) < 4.78 is 9.70. The van der Waals surface area contributed by atoms with Crippen molar-refractivity contribution >= 4 is 23.5 Å². The van der Waals surface area contributed by atoms with Gasteiger partial charge in [-0.3, -0.25) is 4.79 Å². The lowest BCUT2D eigenvalue weighted by molar-refractivity contribution is -0.119. The topological polar surface area (TPSA) is 118 Å². The van der Waals surface area contributed by atoms with Crippen molar-refractivity contribution in [1.29, 1.82) is 0 Å². The number of amides is 1. The van der Waals surface area contributed by atoms with E-state index >= 15 is 0 Å². The maximum atomic E-state index is 12.2. The van der Waals surface area contributed by atoms with Crippen LogP contribution in [0.25, 0.3) is 0 Å². The average molecular weight is 374 g/mol. The van der Waals surface area contributed by atoms with Crippen LogP contribution in [0, 0.1) is 13.8 Å². The van der Waals surface area contributed by atoms with Gasteiger partial charge in [-0.05, 0) is 38.5 Å². The first-order chi connectivity index (χ1) is 12.8. The van der Waals surface area contributed by atoms with Gasteiger partial charge >= 0.3 is 11.9 Å². The number of aryl methyl sites for hydroxylation is 1. The van der Waals surface area contributed by atoms with E-state index in [0.717, 1.165) is 0 Å². The fourth-order valence-electron chi connectivity index (χ4n) is 2.86. The van der Waals surface area contributed by atoms with Crippen LogP contribution in [0.3, 0.4) is 0 Å². The number of ether oxygens (including phenoxy) is 2. The second kappa shape index (κ2) is 8.50. The molecule has 27 heavy (non-hydrogen) atoms. The molecule has 8 nitrogen and oxygen atoms in total. The standard InChI is InChI=1S/C19H22N2O6/c1-10-16(12(3)22)11(2)20-17(10)19(25)27-9-15(23)21-14-8-6-5-7-13(14)18(24)26-4/h5-8,12,20,22H,9H2,1-4H3,(H,21,23)/t12-/m0/s1. The lowest BCUT2D eigenvalue weighted by Gasteiger charge is -2.10. The number of aromatic nitrogens is 1. The van der Waals surface area contributed by atoms with Gasteiger partial charge in [0, 0.05) is 11.3 Å². The van der Waals surface area contributed by atoms with E-state index in [-0.39, 0.29) is 16.9 Å². The number of rotatable bonds is 6. The number of hydrogen-bond donors (Lipinski definition) is 3. The predicted molar refractivity (Wildman–Crippen MR) is 97.6 cm³/mol. The molecule has 1 aromatic carbocycles. The monoisotopic (exact) mass is 374 g/mol. The molecule has 0 bridgehead atoms. The molecule has 1 heterocycles. The molecule has 0 spiro atoms. The minimum atomic E-state index is -0.735. The summed E-state index contributed by atoms with van der Waals surface area (Å²) in [7, 11) is 1.24. The van der Waals surface area contributed by atoms with Crippen LogP contribution in [0.2, 0.25) is 0 Å². The predicted octanol–water partition coefficient (Wildman–Crippen LogP) is 2.27. The van der Waals surface area contributed by atoms with Crippen LogP contribution in [-0.2, 0) is 14.3 Å². The van der Waals surface area contributed by atoms with Crippen molar-refractivity contribution in [2.45, 2.75) is 26.9 Å². The Morgan fingerprint density at radius 1 is 1.19 bits per heavy atom. The third kappa shape index (κ3) is 4.53. The van der Waals surface area contributed by atoms with Crippen molar-refractivity contribution in [2.75, 3.05) is 19.0 Å². The van der Waals surface area contributed by atoms with Gasteiger partial charge in [-0.1, -0.05) is 12.1 Å². The summed E-state index contributed by atoms with van der Waals surface area (Å²) in [6.07, 6.45) is -0.735. The summed E-state index contributed by atoms with van der Waals surface area (Å²) in [4.78, 5) is 38.9. The highest BCUT2D eigenvalue weighted by Crippen LogP contribution is 2.24. The number of hydrogen-bond acceptors (Lipinski definition) is 6. The van der Waals surface area contributed by atoms with E-state index in [9.17, 15) is 19.5 Å². The van der Waals surface area contributed by atoms with Crippen LogP contribution >= 0.6 is 0 Å². The third-order valence-corrected chi connectivity index (χ3v) is 4.06. The molecule has 8 heteroatoms. The minimum Gasteiger partial charge on any atom is -0.465 e. The van der Waals surface area contributed by atoms with E-state index in [1.54, 1.807) is 39.0 Å². The second-order valence-corrected chi connectivity index (χ2v) is 6.00. The first-order valence-corrected chi connectivity index (χ1v) is 8.27. The number of esters is 2. The van der Waals surface area contributed by atoms with Gasteiger partial charge in [-0.25, -0.2) is 9.59 Å². The fourth-order valence-corrected chi connectivity index (χ4v) is 2.86. The molecule has 0 fully saturated rings. The van der Waals surface area contributed by atoms with Crippen molar-refractivity contribution in [3.63, 3.8) is 0 Å². The summed E-state index contributed by atoms with van der Waals surface area (Å²) in [6.45, 7) is 4.50. The van der Waals surface area contributed by atoms with Crippen molar-refractivity contribution in [2.24, 2.45) is 0 Å². The van der Waals surface area contributed by atoms with Gasteiger partial charge in [0.05, 0.1) is 24.5 Å². The zero-order chi connectivity index (χ0) is 20.1. The number of para-hydroxylation sites is 1. The van der Waals surface area contributed by atoms with Crippen molar-refractivity contribution in [3.8, 4) is 0 Å². The number of carbonyl (C=O) groups excluding carboxylic acids is 3. The maximum Gasteiger partial charge on any atom is 0.355 e. The Kier molecular flexibility index (Phi) is 6.36. The molecule has 3 N–H and O–H groups in total. The molecule has 0 saturated carbocycles. The van der Waals surface area contributed by atoms with Crippen molar-refractivity contribution in [3.05, 3.63) is 52.3 Å². The Morgan fingerprint density at radius 3 is 2.44 bits per heavy atom. The zero-order valence-corrected chi connectivity index (χ0v) is 15.6. The molecule has 0 aliphatic heterocycles. The molecule has 144 valence electrons. The fraction of sp³-hybridized carbons (Fsp3) is 0.316. The summed E-state index contributed by atoms with van der Waals surface area (Å²) in [6, 6.07) is 6.34. The molecule has 0 aliphatic rings. The highest BCUT2D eigenvalue weighted by molar-refractivity contribution is 6.02. The summed E-state index contributed by atoms with van der Waals surface area (Å²) in [5.41, 5.74) is 2.49. The first-order valence-electron chi connectivity index (χ1n) is 8.27. The number of anilines is 1. The molecule has 1 amide bonds. The van der Waals surface area contributed by atoms with Crippen LogP contribution in [0.15, 0.2) is 24.3 Å². The van der Waals surface area contributed by atoms with Gasteiger partial charge in [0.25, 0.3) is 5.91 Å². The highest BCUT2D eigenvalue weighted by Gasteiger charge is 2.22. The Bertz CT molecular complexity index is 869. The number of aromatic amines is 1. The Labute approximate surface area is 156 Å². The zero-order valence-electron chi connectivity index (χ0n) is 15.6. The number of nitrogens with one attached hydrogen (secondary N) is 2. The largest absolute Gasteiger partial charge is 0.465 e. The van der Waals surface area contributed by atoms with Crippen LogP contribution in [-0.4, -0.2) is 41.7 Å². The van der Waals surface area contributed by atoms with E-state index in [1.807, 2.05) is 0 Å². The van der Waals surface area contributed by atoms with E-state index in [4.69, 9.17) is 4.74 Å². The number of aliphatic hydroxyl groups is 1. The Hall–Kier alpha value is -3.13. The van der Waals surface area contributed by atoms with Gasteiger partial charge in [0.2, 0.25) is 0 Å². The lowest BCUT2D eigenvalue weighted by atomic mass is 10.1. The Morgan fingerprint density at radius 2 is 1.85 bits per heavy atom. The molecule has 2 rings (SSSR count). The van der Waals surface area contributed by atoms with Crippen molar-refractivity contribution in [1.82, 2.24) is 4.98 Å². The summed E-state index contributed by atoms with van der Waals surface area (Å²) in [5.74, 6) is -1.90. The number of H-pyrrole nitrogens is 1. The van der Waals surface area contributed by atoms with Gasteiger partial charge in [-0.15, -0.1) is 0 Å². The summed E-state index contributed by atoms with van der Waals surface area (Å²) in [5, 5.41) is 12.3. The maximum absolute atomic E-state index is 12.2. The molecular weight excluding hydrogens is 352 g/mol. The quantitative estimate of drug-likeness (QED) is 0.668. The van der Waals surface area contributed by atoms with E-state index < -0.39 is 30.6 Å². The van der Waals surface area contributed by atoms with Gasteiger partial charge in [-0.2, -0.15) is 0 Å². The van der Waals surface area contributed by atoms with Gasteiger partial charge < -0.3 is 24.9 Å².